The van der Waals surface area contributed by atoms with E-state index in [0.717, 1.165) is 47.7 Å². The fourth-order valence-corrected chi connectivity index (χ4v) is 6.39. The van der Waals surface area contributed by atoms with Crippen LogP contribution in [0.1, 0.15) is 18.4 Å². The van der Waals surface area contributed by atoms with Gasteiger partial charge in [-0.1, -0.05) is 18.2 Å². The second kappa shape index (κ2) is 11.0. The highest BCUT2D eigenvalue weighted by molar-refractivity contribution is 7.89. The van der Waals surface area contributed by atoms with Crippen LogP contribution in [-0.4, -0.2) is 62.5 Å². The van der Waals surface area contributed by atoms with Crippen molar-refractivity contribution in [1.29, 1.82) is 0 Å². The minimum absolute atomic E-state index is 0.0189. The van der Waals surface area contributed by atoms with Crippen LogP contribution in [0.4, 0.5) is 10.2 Å². The van der Waals surface area contributed by atoms with Gasteiger partial charge >= 0.3 is 0 Å². The average molecular weight is 525 g/mol. The number of pyridine rings is 1. The first kappa shape index (κ1) is 25.3. The molecule has 2 aromatic carbocycles. The maximum atomic E-state index is 13.3. The van der Waals surface area contributed by atoms with Crippen molar-refractivity contribution < 1.29 is 22.3 Å². The zero-order chi connectivity index (χ0) is 25.8. The SMILES string of the molecule is O=C(NCc1cccc(-c2ccc(N3CCOCC3)nc2)c1)[C@@H]1CCCN1S(=O)(=O)c1ccc(F)cc1. The summed E-state index contributed by atoms with van der Waals surface area (Å²) in [4.78, 5) is 19.8. The lowest BCUT2D eigenvalue weighted by Gasteiger charge is -2.27. The average Bonchev–Trinajstić information content (AvgIpc) is 3.44. The van der Waals surface area contributed by atoms with Gasteiger partial charge in [-0.05, 0) is 66.4 Å². The third-order valence-electron chi connectivity index (χ3n) is 6.74. The number of aromatic nitrogens is 1. The van der Waals surface area contributed by atoms with E-state index in [4.69, 9.17) is 4.74 Å². The summed E-state index contributed by atoms with van der Waals surface area (Å²) >= 11 is 0. The number of hydrogen-bond donors (Lipinski definition) is 1. The normalized spacial score (nSPS) is 18.6. The number of sulfonamides is 1. The van der Waals surface area contributed by atoms with Crippen molar-refractivity contribution in [3.8, 4) is 11.1 Å². The number of carbonyl (C=O) groups is 1. The first-order valence-corrected chi connectivity index (χ1v) is 13.8. The molecule has 2 aliphatic heterocycles. The van der Waals surface area contributed by atoms with Gasteiger partial charge in [-0.25, -0.2) is 17.8 Å². The van der Waals surface area contributed by atoms with Crippen molar-refractivity contribution >= 4 is 21.7 Å². The van der Waals surface area contributed by atoms with Crippen molar-refractivity contribution in [2.75, 3.05) is 37.7 Å². The quantitative estimate of drug-likeness (QED) is 0.511. The number of rotatable bonds is 7. The summed E-state index contributed by atoms with van der Waals surface area (Å²) in [5.74, 6) is 0.0676. The monoisotopic (exact) mass is 524 g/mol. The topological polar surface area (TPSA) is 91.8 Å². The molecular formula is C27H29FN4O4S. The predicted molar refractivity (Wildman–Crippen MR) is 138 cm³/mol. The molecule has 10 heteroatoms. The molecule has 37 heavy (non-hydrogen) atoms. The van der Waals surface area contributed by atoms with Crippen LogP contribution < -0.4 is 10.2 Å². The molecule has 2 aliphatic rings. The lowest BCUT2D eigenvalue weighted by molar-refractivity contribution is -0.124. The fourth-order valence-electron chi connectivity index (χ4n) is 4.74. The molecule has 1 amide bonds. The Morgan fingerprint density at radius 1 is 1.03 bits per heavy atom. The van der Waals surface area contributed by atoms with Crippen molar-refractivity contribution in [1.82, 2.24) is 14.6 Å². The number of carbonyl (C=O) groups excluding carboxylic acids is 1. The van der Waals surface area contributed by atoms with Crippen LogP contribution in [0.5, 0.6) is 0 Å². The van der Waals surface area contributed by atoms with Crippen molar-refractivity contribution in [2.24, 2.45) is 0 Å². The molecule has 0 spiro atoms. The standard InChI is InChI=1S/C27H29FN4O4S/c28-23-7-9-24(10-8-23)37(34,35)32-12-2-5-25(32)27(33)30-18-20-3-1-4-21(17-20)22-6-11-26(29-19-22)31-13-15-36-16-14-31/h1,3-4,6-11,17,19,25H,2,5,12-16,18H2,(H,30,33)/t25-/m0/s1. The van der Waals surface area contributed by atoms with Crippen LogP contribution >= 0.6 is 0 Å². The van der Waals surface area contributed by atoms with E-state index in [1.165, 1.54) is 16.4 Å². The molecule has 5 rings (SSSR count). The molecule has 1 atom stereocenters. The van der Waals surface area contributed by atoms with E-state index in [1.807, 2.05) is 42.6 Å². The van der Waals surface area contributed by atoms with E-state index in [1.54, 1.807) is 0 Å². The minimum atomic E-state index is -3.90. The summed E-state index contributed by atoms with van der Waals surface area (Å²) in [5.41, 5.74) is 2.85. The maximum Gasteiger partial charge on any atom is 0.243 e. The van der Waals surface area contributed by atoms with Gasteiger partial charge in [0.15, 0.2) is 0 Å². The van der Waals surface area contributed by atoms with E-state index in [-0.39, 0.29) is 23.9 Å². The largest absolute Gasteiger partial charge is 0.378 e. The van der Waals surface area contributed by atoms with Crippen LogP contribution in [0.25, 0.3) is 11.1 Å². The molecule has 0 saturated carbocycles. The van der Waals surface area contributed by atoms with Gasteiger partial charge in [0.1, 0.15) is 17.7 Å². The van der Waals surface area contributed by atoms with Crippen molar-refractivity contribution in [2.45, 2.75) is 30.3 Å². The Kier molecular flexibility index (Phi) is 7.50. The van der Waals surface area contributed by atoms with E-state index in [0.29, 0.717) is 26.1 Å². The molecule has 0 radical (unpaired) electrons. The van der Waals surface area contributed by atoms with Crippen molar-refractivity contribution in [3.63, 3.8) is 0 Å². The third-order valence-corrected chi connectivity index (χ3v) is 8.66. The van der Waals surface area contributed by atoms with E-state index in [9.17, 15) is 17.6 Å². The zero-order valence-electron chi connectivity index (χ0n) is 20.3. The first-order chi connectivity index (χ1) is 17.9. The van der Waals surface area contributed by atoms with Crippen LogP contribution in [0.3, 0.4) is 0 Å². The Bertz CT molecular complexity index is 1340. The highest BCUT2D eigenvalue weighted by Gasteiger charge is 2.39. The number of hydrogen-bond acceptors (Lipinski definition) is 6. The molecule has 2 saturated heterocycles. The highest BCUT2D eigenvalue weighted by Crippen LogP contribution is 2.27. The molecule has 0 unspecified atom stereocenters. The fraction of sp³-hybridized carbons (Fsp3) is 0.333. The van der Waals surface area contributed by atoms with E-state index < -0.39 is 21.9 Å². The van der Waals surface area contributed by atoms with Gasteiger partial charge < -0.3 is 15.0 Å². The van der Waals surface area contributed by atoms with Crippen LogP contribution in [-0.2, 0) is 26.1 Å². The van der Waals surface area contributed by atoms with Gasteiger partial charge in [-0.3, -0.25) is 4.79 Å². The lowest BCUT2D eigenvalue weighted by Crippen LogP contribution is -2.45. The molecule has 1 aromatic heterocycles. The molecule has 3 heterocycles. The van der Waals surface area contributed by atoms with Gasteiger partial charge in [-0.2, -0.15) is 4.31 Å². The molecule has 0 aliphatic carbocycles. The summed E-state index contributed by atoms with van der Waals surface area (Å²) in [6.45, 7) is 3.58. The molecular weight excluding hydrogens is 495 g/mol. The Balaban J connectivity index is 1.23. The number of amides is 1. The van der Waals surface area contributed by atoms with E-state index >= 15 is 0 Å². The van der Waals surface area contributed by atoms with Gasteiger partial charge in [0, 0.05) is 37.9 Å². The molecule has 0 bridgehead atoms. The molecule has 2 fully saturated rings. The number of benzene rings is 2. The summed E-state index contributed by atoms with van der Waals surface area (Å²) in [5, 5.41) is 2.90. The number of nitrogens with one attached hydrogen (secondary N) is 1. The highest BCUT2D eigenvalue weighted by atomic mass is 32.2. The molecule has 8 nitrogen and oxygen atoms in total. The number of morpholine rings is 1. The number of nitrogens with zero attached hydrogens (tertiary/aromatic N) is 3. The molecule has 1 N–H and O–H groups in total. The second-order valence-electron chi connectivity index (χ2n) is 9.15. The number of ether oxygens (including phenoxy) is 1. The summed E-state index contributed by atoms with van der Waals surface area (Å²) in [6.07, 6.45) is 2.87. The van der Waals surface area contributed by atoms with Crippen molar-refractivity contribution in [3.05, 3.63) is 78.2 Å². The van der Waals surface area contributed by atoms with Gasteiger partial charge in [0.2, 0.25) is 15.9 Å². The number of halogens is 1. The smallest absolute Gasteiger partial charge is 0.243 e. The molecule has 3 aromatic rings. The molecule has 194 valence electrons. The van der Waals surface area contributed by atoms with Crippen LogP contribution in [0.2, 0.25) is 0 Å². The van der Waals surface area contributed by atoms with Crippen LogP contribution in [0.15, 0.2) is 71.8 Å². The summed E-state index contributed by atoms with van der Waals surface area (Å²) in [7, 11) is -3.90. The minimum Gasteiger partial charge on any atom is -0.378 e. The Morgan fingerprint density at radius 3 is 2.54 bits per heavy atom. The van der Waals surface area contributed by atoms with E-state index in [2.05, 4.69) is 15.2 Å². The summed E-state index contributed by atoms with van der Waals surface area (Å²) < 4.78 is 46.0. The first-order valence-electron chi connectivity index (χ1n) is 12.3. The Labute approximate surface area is 216 Å². The maximum absolute atomic E-state index is 13.3. The zero-order valence-corrected chi connectivity index (χ0v) is 21.2. The van der Waals surface area contributed by atoms with Gasteiger partial charge in [0.05, 0.1) is 18.1 Å². The second-order valence-corrected chi connectivity index (χ2v) is 11.0. The van der Waals surface area contributed by atoms with Gasteiger partial charge in [0.25, 0.3) is 0 Å². The lowest BCUT2D eigenvalue weighted by atomic mass is 10.0. The third kappa shape index (κ3) is 5.66. The van der Waals surface area contributed by atoms with Crippen LogP contribution in [0, 0.1) is 5.82 Å². The Morgan fingerprint density at radius 2 is 1.81 bits per heavy atom. The summed E-state index contributed by atoms with van der Waals surface area (Å²) in [6, 6.07) is 15.7. The Hall–Kier alpha value is -3.34. The predicted octanol–water partition coefficient (Wildman–Crippen LogP) is 3.19. The van der Waals surface area contributed by atoms with Gasteiger partial charge in [-0.15, -0.1) is 0 Å². The number of anilines is 1.